The topological polar surface area (TPSA) is 46.5 Å². The molecule has 0 aromatic heterocycles. The number of ether oxygens (including phenoxy) is 1. The Morgan fingerprint density at radius 3 is 2.38 bits per heavy atom. The predicted octanol–water partition coefficient (Wildman–Crippen LogP) is 3.55. The van der Waals surface area contributed by atoms with Crippen LogP contribution >= 0.6 is 0 Å². The Bertz CT molecular complexity index is 771. The van der Waals surface area contributed by atoms with Crippen LogP contribution in [0.15, 0.2) is 66.7 Å². The van der Waals surface area contributed by atoms with Crippen LogP contribution in [0.4, 0.5) is 0 Å². The fraction of sp³-hybridized carbons (Fsp3) is 0.0556. The van der Waals surface area contributed by atoms with E-state index in [2.05, 4.69) is 0 Å². The number of aliphatic hydroxyl groups is 1. The molecule has 0 unspecified atom stereocenters. The first-order valence-corrected chi connectivity index (χ1v) is 6.67. The lowest BCUT2D eigenvalue weighted by Gasteiger charge is -2.07. The van der Waals surface area contributed by atoms with Crippen LogP contribution in [0.1, 0.15) is 15.9 Å². The number of esters is 1. The van der Waals surface area contributed by atoms with Gasteiger partial charge in [-0.15, -0.1) is 0 Å². The van der Waals surface area contributed by atoms with Crippen LogP contribution in [0.2, 0.25) is 0 Å². The summed E-state index contributed by atoms with van der Waals surface area (Å²) in [6.07, 6.45) is 0. The van der Waals surface area contributed by atoms with Crippen molar-refractivity contribution in [2.45, 2.75) is 6.61 Å². The first kappa shape index (κ1) is 13.3. The van der Waals surface area contributed by atoms with E-state index in [1.54, 1.807) is 30.3 Å². The lowest BCUT2D eigenvalue weighted by Crippen LogP contribution is -2.09. The molecule has 1 N–H and O–H groups in total. The molecule has 0 aliphatic carbocycles. The third-order valence-electron chi connectivity index (χ3n) is 3.33. The van der Waals surface area contributed by atoms with Crippen molar-refractivity contribution in [3.8, 4) is 5.75 Å². The Balaban J connectivity index is 1.90. The van der Waals surface area contributed by atoms with Crippen molar-refractivity contribution in [2.75, 3.05) is 0 Å². The van der Waals surface area contributed by atoms with Gasteiger partial charge in [0.15, 0.2) is 0 Å². The number of hydrogen-bond acceptors (Lipinski definition) is 3. The highest BCUT2D eigenvalue weighted by atomic mass is 16.5. The van der Waals surface area contributed by atoms with Crippen molar-refractivity contribution in [1.29, 1.82) is 0 Å². The van der Waals surface area contributed by atoms with Crippen molar-refractivity contribution in [1.82, 2.24) is 0 Å². The average Bonchev–Trinajstić information content (AvgIpc) is 2.55. The maximum atomic E-state index is 12.3. The molecule has 3 nitrogen and oxygen atoms in total. The molecule has 104 valence electrons. The van der Waals surface area contributed by atoms with Gasteiger partial charge in [0.25, 0.3) is 0 Å². The molecule has 0 aliphatic heterocycles. The average molecular weight is 278 g/mol. The van der Waals surface area contributed by atoms with Gasteiger partial charge < -0.3 is 9.84 Å². The quantitative estimate of drug-likeness (QED) is 0.588. The summed E-state index contributed by atoms with van der Waals surface area (Å²) >= 11 is 0. The number of aliphatic hydroxyl groups excluding tert-OH is 1. The number of hydrogen-bond donors (Lipinski definition) is 1. The van der Waals surface area contributed by atoms with Gasteiger partial charge in [-0.2, -0.15) is 0 Å². The number of carbonyl (C=O) groups is 1. The number of carbonyl (C=O) groups excluding carboxylic acids is 1. The van der Waals surface area contributed by atoms with Gasteiger partial charge in [0.1, 0.15) is 5.75 Å². The Morgan fingerprint density at radius 1 is 0.905 bits per heavy atom. The summed E-state index contributed by atoms with van der Waals surface area (Å²) < 4.78 is 5.39. The second kappa shape index (κ2) is 5.77. The molecular formula is C18H14O3. The van der Waals surface area contributed by atoms with E-state index in [0.29, 0.717) is 11.3 Å². The summed E-state index contributed by atoms with van der Waals surface area (Å²) in [4.78, 5) is 12.3. The standard InChI is InChI=1S/C18H14O3/c19-12-13-8-10-15(11-9-13)21-18(20)17-7-3-5-14-4-1-2-6-16(14)17/h1-11,19H,12H2. The molecule has 0 radical (unpaired) electrons. The molecule has 0 spiro atoms. The number of fused-ring (bicyclic) bond motifs is 1. The third kappa shape index (κ3) is 2.78. The summed E-state index contributed by atoms with van der Waals surface area (Å²) in [5, 5.41) is 10.9. The predicted molar refractivity (Wildman–Crippen MR) is 81.3 cm³/mol. The van der Waals surface area contributed by atoms with Crippen LogP contribution in [-0.2, 0) is 6.61 Å². The van der Waals surface area contributed by atoms with Crippen LogP contribution in [-0.4, -0.2) is 11.1 Å². The van der Waals surface area contributed by atoms with Gasteiger partial charge in [0.05, 0.1) is 12.2 Å². The van der Waals surface area contributed by atoms with Crippen molar-refractivity contribution in [2.24, 2.45) is 0 Å². The fourth-order valence-corrected chi connectivity index (χ4v) is 2.23. The first-order chi connectivity index (χ1) is 10.3. The molecule has 0 heterocycles. The highest BCUT2D eigenvalue weighted by Crippen LogP contribution is 2.21. The van der Waals surface area contributed by atoms with E-state index in [1.807, 2.05) is 36.4 Å². The zero-order chi connectivity index (χ0) is 14.7. The molecule has 0 amide bonds. The van der Waals surface area contributed by atoms with Gasteiger partial charge in [-0.3, -0.25) is 0 Å². The summed E-state index contributed by atoms with van der Waals surface area (Å²) in [5.74, 6) is 0.0775. The van der Waals surface area contributed by atoms with Crippen LogP contribution < -0.4 is 4.74 Å². The van der Waals surface area contributed by atoms with Gasteiger partial charge in [0, 0.05) is 0 Å². The number of rotatable bonds is 3. The second-order valence-corrected chi connectivity index (χ2v) is 4.72. The Labute approximate surface area is 122 Å². The lowest BCUT2D eigenvalue weighted by atomic mass is 10.0. The molecule has 3 aromatic carbocycles. The van der Waals surface area contributed by atoms with E-state index in [0.717, 1.165) is 16.3 Å². The summed E-state index contributed by atoms with van der Waals surface area (Å²) in [6, 6.07) is 20.1. The van der Waals surface area contributed by atoms with Crippen LogP contribution in [0, 0.1) is 0 Å². The fourth-order valence-electron chi connectivity index (χ4n) is 2.23. The summed E-state index contributed by atoms with van der Waals surface area (Å²) in [5.41, 5.74) is 1.32. The minimum atomic E-state index is -0.386. The monoisotopic (exact) mass is 278 g/mol. The third-order valence-corrected chi connectivity index (χ3v) is 3.33. The van der Waals surface area contributed by atoms with Crippen molar-refractivity contribution >= 4 is 16.7 Å². The summed E-state index contributed by atoms with van der Waals surface area (Å²) in [6.45, 7) is -0.0302. The van der Waals surface area contributed by atoms with Crippen molar-refractivity contribution in [3.63, 3.8) is 0 Å². The highest BCUT2D eigenvalue weighted by molar-refractivity contribution is 6.05. The minimum absolute atomic E-state index is 0.0302. The zero-order valence-electron chi connectivity index (χ0n) is 11.3. The summed E-state index contributed by atoms with van der Waals surface area (Å²) in [7, 11) is 0. The number of benzene rings is 3. The molecule has 0 atom stereocenters. The molecule has 3 aromatic rings. The molecule has 0 saturated carbocycles. The normalized spacial score (nSPS) is 10.5. The van der Waals surface area contributed by atoms with E-state index in [-0.39, 0.29) is 12.6 Å². The lowest BCUT2D eigenvalue weighted by molar-refractivity contribution is 0.0737. The maximum Gasteiger partial charge on any atom is 0.344 e. The first-order valence-electron chi connectivity index (χ1n) is 6.67. The Morgan fingerprint density at radius 2 is 1.62 bits per heavy atom. The molecule has 0 fully saturated rings. The largest absolute Gasteiger partial charge is 0.423 e. The van der Waals surface area contributed by atoms with E-state index < -0.39 is 0 Å². The van der Waals surface area contributed by atoms with Crippen LogP contribution in [0.5, 0.6) is 5.75 Å². The van der Waals surface area contributed by atoms with E-state index in [4.69, 9.17) is 9.84 Å². The Hall–Kier alpha value is -2.65. The second-order valence-electron chi connectivity index (χ2n) is 4.72. The van der Waals surface area contributed by atoms with Crippen LogP contribution in [0.3, 0.4) is 0 Å². The van der Waals surface area contributed by atoms with E-state index >= 15 is 0 Å². The molecule has 21 heavy (non-hydrogen) atoms. The SMILES string of the molecule is O=C(Oc1ccc(CO)cc1)c1cccc2ccccc12. The Kier molecular flexibility index (Phi) is 3.67. The van der Waals surface area contributed by atoms with Gasteiger partial charge in [-0.1, -0.05) is 48.5 Å². The zero-order valence-corrected chi connectivity index (χ0v) is 11.3. The molecule has 3 rings (SSSR count). The van der Waals surface area contributed by atoms with Crippen molar-refractivity contribution < 1.29 is 14.6 Å². The van der Waals surface area contributed by atoms with E-state index in [1.165, 1.54) is 0 Å². The molecule has 0 saturated heterocycles. The smallest absolute Gasteiger partial charge is 0.344 e. The molecule has 0 aliphatic rings. The van der Waals surface area contributed by atoms with Gasteiger partial charge in [-0.25, -0.2) is 4.79 Å². The molecular weight excluding hydrogens is 264 g/mol. The van der Waals surface area contributed by atoms with Gasteiger partial charge in [-0.05, 0) is 34.5 Å². The molecule has 3 heteroatoms. The van der Waals surface area contributed by atoms with Gasteiger partial charge in [0.2, 0.25) is 0 Å². The maximum absolute atomic E-state index is 12.3. The van der Waals surface area contributed by atoms with Crippen molar-refractivity contribution in [3.05, 3.63) is 77.9 Å². The van der Waals surface area contributed by atoms with E-state index in [9.17, 15) is 4.79 Å². The van der Waals surface area contributed by atoms with Gasteiger partial charge >= 0.3 is 5.97 Å². The highest BCUT2D eigenvalue weighted by Gasteiger charge is 2.12. The van der Waals surface area contributed by atoms with Crippen LogP contribution in [0.25, 0.3) is 10.8 Å². The molecule has 0 bridgehead atoms. The minimum Gasteiger partial charge on any atom is -0.423 e.